The van der Waals surface area contributed by atoms with Gasteiger partial charge in [-0.05, 0) is 55.2 Å². The van der Waals surface area contributed by atoms with Gasteiger partial charge in [-0.3, -0.25) is 9.36 Å². The topological polar surface area (TPSA) is 72.2 Å². The molecule has 26 heavy (non-hydrogen) atoms. The number of nitrogens with zero attached hydrogens (tertiary/aromatic N) is 2. The molecule has 0 fully saturated rings. The van der Waals surface area contributed by atoms with Crippen molar-refractivity contribution in [1.82, 2.24) is 9.55 Å². The molecule has 0 saturated heterocycles. The fraction of sp³-hybridized carbons (Fsp3) is 0.190. The van der Waals surface area contributed by atoms with Crippen LogP contribution in [-0.4, -0.2) is 20.6 Å². The Hall–Kier alpha value is -3.21. The maximum Gasteiger partial charge on any atom is 0.335 e. The summed E-state index contributed by atoms with van der Waals surface area (Å²) in [4.78, 5) is 28.7. The van der Waals surface area contributed by atoms with Crippen LogP contribution in [-0.2, 0) is 6.54 Å². The zero-order valence-electron chi connectivity index (χ0n) is 14.4. The van der Waals surface area contributed by atoms with Crippen molar-refractivity contribution >= 4 is 28.5 Å². The van der Waals surface area contributed by atoms with Crippen molar-refractivity contribution in [3.05, 3.63) is 75.3 Å². The Kier molecular flexibility index (Phi) is 3.92. The standard InChI is InChI=1S/C21H18N2O3/c1-13-4-2-5-14(10-13)11-15-6-3-9-23-19(15)22-18-12-16(21(25)26)7-8-17(18)20(23)24/h2,4-5,7-8,10-12H,3,6,9H2,1H3,(H,25,26). The van der Waals surface area contributed by atoms with Gasteiger partial charge in [0.1, 0.15) is 5.82 Å². The summed E-state index contributed by atoms with van der Waals surface area (Å²) in [5.41, 5.74) is 3.69. The van der Waals surface area contributed by atoms with Crippen LogP contribution in [0.2, 0.25) is 0 Å². The van der Waals surface area contributed by atoms with Gasteiger partial charge in [-0.2, -0.15) is 0 Å². The van der Waals surface area contributed by atoms with Crippen LogP contribution >= 0.6 is 0 Å². The second kappa shape index (κ2) is 6.26. The molecule has 0 radical (unpaired) electrons. The van der Waals surface area contributed by atoms with E-state index in [9.17, 15) is 14.7 Å². The molecule has 0 spiro atoms. The molecule has 0 aliphatic carbocycles. The first-order valence-electron chi connectivity index (χ1n) is 8.58. The number of carboxylic acid groups (broad SMARTS) is 1. The molecule has 4 rings (SSSR count). The molecule has 0 unspecified atom stereocenters. The van der Waals surface area contributed by atoms with Gasteiger partial charge in [-0.25, -0.2) is 9.78 Å². The Morgan fingerprint density at radius 1 is 1.23 bits per heavy atom. The first-order chi connectivity index (χ1) is 12.5. The highest BCUT2D eigenvalue weighted by atomic mass is 16.4. The minimum absolute atomic E-state index is 0.114. The Morgan fingerprint density at radius 3 is 2.85 bits per heavy atom. The van der Waals surface area contributed by atoms with Gasteiger partial charge in [0.15, 0.2) is 0 Å². The molecule has 0 saturated carbocycles. The molecule has 1 aromatic heterocycles. The molecule has 5 nitrogen and oxygen atoms in total. The molecule has 0 bridgehead atoms. The van der Waals surface area contributed by atoms with Crippen LogP contribution in [0.1, 0.15) is 40.2 Å². The van der Waals surface area contributed by atoms with Gasteiger partial charge in [0.25, 0.3) is 5.56 Å². The Labute approximate surface area is 150 Å². The largest absolute Gasteiger partial charge is 0.478 e. The van der Waals surface area contributed by atoms with Crippen LogP contribution in [0.15, 0.2) is 47.3 Å². The van der Waals surface area contributed by atoms with Crippen molar-refractivity contribution in [3.8, 4) is 0 Å². The van der Waals surface area contributed by atoms with Crippen molar-refractivity contribution in [1.29, 1.82) is 0 Å². The zero-order valence-corrected chi connectivity index (χ0v) is 14.4. The van der Waals surface area contributed by atoms with Gasteiger partial charge < -0.3 is 5.11 Å². The summed E-state index contributed by atoms with van der Waals surface area (Å²) in [5.74, 6) is -0.389. The van der Waals surface area contributed by atoms with Crippen LogP contribution in [0.4, 0.5) is 0 Å². The van der Waals surface area contributed by atoms with E-state index in [1.807, 2.05) is 25.1 Å². The van der Waals surface area contributed by atoms with Crippen LogP contribution in [0.25, 0.3) is 22.6 Å². The van der Waals surface area contributed by atoms with Crippen LogP contribution in [0.3, 0.4) is 0 Å². The summed E-state index contributed by atoms with van der Waals surface area (Å²) < 4.78 is 1.70. The first kappa shape index (κ1) is 16.3. The fourth-order valence-electron chi connectivity index (χ4n) is 3.44. The average Bonchev–Trinajstić information content (AvgIpc) is 2.62. The lowest BCUT2D eigenvalue weighted by molar-refractivity contribution is 0.0697. The van der Waals surface area contributed by atoms with E-state index in [4.69, 9.17) is 0 Å². The number of aromatic nitrogens is 2. The third-order valence-electron chi connectivity index (χ3n) is 4.70. The normalized spacial score (nSPS) is 15.2. The summed E-state index contributed by atoms with van der Waals surface area (Å²) in [6, 6.07) is 12.6. The van der Waals surface area contributed by atoms with E-state index in [0.29, 0.717) is 23.3 Å². The van der Waals surface area contributed by atoms with Crippen LogP contribution in [0, 0.1) is 6.92 Å². The van der Waals surface area contributed by atoms with Gasteiger partial charge in [-0.15, -0.1) is 0 Å². The van der Waals surface area contributed by atoms with E-state index in [0.717, 1.165) is 24.0 Å². The van der Waals surface area contributed by atoms with Gasteiger partial charge in [0, 0.05) is 6.54 Å². The molecular weight excluding hydrogens is 328 g/mol. The minimum Gasteiger partial charge on any atom is -0.478 e. The number of hydrogen-bond acceptors (Lipinski definition) is 3. The third kappa shape index (κ3) is 2.81. The number of benzene rings is 2. The molecule has 5 heteroatoms. The van der Waals surface area contributed by atoms with Crippen molar-refractivity contribution in [2.45, 2.75) is 26.3 Å². The Morgan fingerprint density at radius 2 is 2.08 bits per heavy atom. The summed E-state index contributed by atoms with van der Waals surface area (Å²) in [6.07, 6.45) is 3.78. The van der Waals surface area contributed by atoms with Crippen LogP contribution < -0.4 is 5.56 Å². The van der Waals surface area contributed by atoms with Gasteiger partial charge in [0.05, 0.1) is 16.5 Å². The average molecular weight is 346 g/mol. The zero-order chi connectivity index (χ0) is 18.3. The summed E-state index contributed by atoms with van der Waals surface area (Å²) in [5, 5.41) is 9.66. The molecule has 0 amide bonds. The lowest BCUT2D eigenvalue weighted by atomic mass is 10.0. The molecule has 1 N–H and O–H groups in total. The summed E-state index contributed by atoms with van der Waals surface area (Å²) in [7, 11) is 0. The third-order valence-corrected chi connectivity index (χ3v) is 4.70. The van der Waals surface area contributed by atoms with Crippen LogP contribution in [0.5, 0.6) is 0 Å². The quantitative estimate of drug-likeness (QED) is 0.767. The van der Waals surface area contributed by atoms with Gasteiger partial charge >= 0.3 is 5.97 Å². The van der Waals surface area contributed by atoms with Crippen molar-refractivity contribution in [2.24, 2.45) is 0 Å². The summed E-state index contributed by atoms with van der Waals surface area (Å²) in [6.45, 7) is 2.67. The highest BCUT2D eigenvalue weighted by Crippen LogP contribution is 2.27. The summed E-state index contributed by atoms with van der Waals surface area (Å²) >= 11 is 0. The van der Waals surface area contributed by atoms with E-state index in [1.165, 1.54) is 17.7 Å². The lowest BCUT2D eigenvalue weighted by Gasteiger charge is -2.21. The molecule has 1 aliphatic heterocycles. The maximum absolute atomic E-state index is 12.9. The second-order valence-electron chi connectivity index (χ2n) is 6.62. The number of carbonyl (C=O) groups is 1. The SMILES string of the molecule is Cc1cccc(C=C2CCCn3c2nc2cc(C(=O)O)ccc2c3=O)c1. The second-order valence-corrected chi connectivity index (χ2v) is 6.62. The molecule has 0 atom stereocenters. The molecular formula is C21H18N2O3. The predicted octanol–water partition coefficient (Wildman–Crippen LogP) is 3.74. The number of carboxylic acids is 1. The predicted molar refractivity (Wildman–Crippen MR) is 101 cm³/mol. The van der Waals surface area contributed by atoms with Gasteiger partial charge in [-0.1, -0.05) is 29.8 Å². The van der Waals surface area contributed by atoms with Crippen molar-refractivity contribution < 1.29 is 9.90 Å². The molecule has 2 heterocycles. The number of aromatic carboxylic acids is 1. The number of allylic oxidation sites excluding steroid dienone is 1. The van der Waals surface area contributed by atoms with E-state index in [2.05, 4.69) is 17.1 Å². The number of aryl methyl sites for hydroxylation is 1. The van der Waals surface area contributed by atoms with E-state index < -0.39 is 5.97 Å². The minimum atomic E-state index is -1.03. The highest BCUT2D eigenvalue weighted by Gasteiger charge is 2.19. The molecule has 3 aromatic rings. The first-order valence-corrected chi connectivity index (χ1v) is 8.58. The number of hydrogen-bond donors (Lipinski definition) is 1. The van der Waals surface area contributed by atoms with Crippen molar-refractivity contribution in [3.63, 3.8) is 0 Å². The molecule has 2 aromatic carbocycles. The molecule has 130 valence electrons. The highest BCUT2D eigenvalue weighted by molar-refractivity contribution is 5.93. The number of fused-ring (bicyclic) bond motifs is 2. The van der Waals surface area contributed by atoms with Gasteiger partial charge in [0.2, 0.25) is 0 Å². The van der Waals surface area contributed by atoms with E-state index in [1.54, 1.807) is 10.6 Å². The fourth-order valence-corrected chi connectivity index (χ4v) is 3.44. The van der Waals surface area contributed by atoms with E-state index in [-0.39, 0.29) is 11.1 Å². The Bertz CT molecular complexity index is 1130. The number of rotatable bonds is 2. The maximum atomic E-state index is 12.9. The monoisotopic (exact) mass is 346 g/mol. The molecule has 1 aliphatic rings. The van der Waals surface area contributed by atoms with Crippen molar-refractivity contribution in [2.75, 3.05) is 0 Å². The smallest absolute Gasteiger partial charge is 0.335 e. The van der Waals surface area contributed by atoms with E-state index >= 15 is 0 Å². The Balaban J connectivity index is 1.93. The lowest BCUT2D eigenvalue weighted by Crippen LogP contribution is -2.28.